The normalized spacial score (nSPS) is 25.4. The molecule has 0 unspecified atom stereocenters. The summed E-state index contributed by atoms with van der Waals surface area (Å²) in [5, 5.41) is 6.68. The van der Waals surface area contributed by atoms with Crippen molar-refractivity contribution in [1.82, 2.24) is 10.3 Å². The number of anilines is 1. The molecule has 0 bridgehead atoms. The smallest absolute Gasteiger partial charge is 0.128 e. The number of pyridine rings is 1. The Morgan fingerprint density at radius 1 is 1.56 bits per heavy atom. The molecule has 0 aliphatic carbocycles. The number of aromatic nitrogens is 1. The molecule has 1 aliphatic rings. The van der Waals surface area contributed by atoms with Crippen molar-refractivity contribution < 1.29 is 4.74 Å². The van der Waals surface area contributed by atoms with E-state index in [2.05, 4.69) is 35.5 Å². The first-order chi connectivity index (χ1) is 7.75. The average molecular weight is 221 g/mol. The zero-order chi connectivity index (χ0) is 11.4. The molecule has 4 heteroatoms. The summed E-state index contributed by atoms with van der Waals surface area (Å²) in [5.41, 5.74) is 1.17. The molecule has 0 radical (unpaired) electrons. The summed E-state index contributed by atoms with van der Waals surface area (Å²) in [6.45, 7) is 6.79. The first-order valence-corrected chi connectivity index (χ1v) is 5.77. The lowest BCUT2D eigenvalue weighted by Gasteiger charge is -2.29. The Morgan fingerprint density at radius 3 is 3.19 bits per heavy atom. The Labute approximate surface area is 96.4 Å². The van der Waals surface area contributed by atoms with E-state index in [-0.39, 0.29) is 6.10 Å². The zero-order valence-electron chi connectivity index (χ0n) is 9.86. The predicted octanol–water partition coefficient (Wildman–Crippen LogP) is 1.18. The average Bonchev–Trinajstić information content (AvgIpc) is 2.28. The Hall–Kier alpha value is -1.13. The van der Waals surface area contributed by atoms with Gasteiger partial charge >= 0.3 is 0 Å². The van der Waals surface area contributed by atoms with Gasteiger partial charge in [-0.25, -0.2) is 4.98 Å². The second-order valence-corrected chi connectivity index (χ2v) is 4.28. The molecule has 1 aromatic heterocycles. The highest BCUT2D eigenvalue weighted by Crippen LogP contribution is 2.10. The van der Waals surface area contributed by atoms with Crippen LogP contribution in [0.4, 0.5) is 5.82 Å². The van der Waals surface area contributed by atoms with Crippen LogP contribution in [0.2, 0.25) is 0 Å². The quantitative estimate of drug-likeness (QED) is 0.804. The Morgan fingerprint density at radius 2 is 2.44 bits per heavy atom. The standard InChI is InChI=1S/C12H19N3O/c1-9-4-3-5-14-12(9)15-8-11-7-13-6-10(2)16-11/h3-5,10-11,13H,6-8H2,1-2H3,(H,14,15)/t10-,11+/m1/s1. The van der Waals surface area contributed by atoms with Crippen LogP contribution in [-0.2, 0) is 4.74 Å². The van der Waals surface area contributed by atoms with Crippen LogP contribution >= 0.6 is 0 Å². The van der Waals surface area contributed by atoms with E-state index in [4.69, 9.17) is 4.74 Å². The molecule has 88 valence electrons. The lowest BCUT2D eigenvalue weighted by atomic mass is 10.2. The number of morpholine rings is 1. The van der Waals surface area contributed by atoms with Crippen molar-refractivity contribution in [2.75, 3.05) is 25.0 Å². The monoisotopic (exact) mass is 221 g/mol. The Kier molecular flexibility index (Phi) is 3.74. The second-order valence-electron chi connectivity index (χ2n) is 4.28. The maximum atomic E-state index is 5.80. The van der Waals surface area contributed by atoms with E-state index >= 15 is 0 Å². The lowest BCUT2D eigenvalue weighted by molar-refractivity contribution is -0.0196. The fourth-order valence-electron chi connectivity index (χ4n) is 1.87. The molecule has 4 nitrogen and oxygen atoms in total. The summed E-state index contributed by atoms with van der Waals surface area (Å²) in [4.78, 5) is 4.29. The highest BCUT2D eigenvalue weighted by Gasteiger charge is 2.18. The van der Waals surface area contributed by atoms with Gasteiger partial charge in [0.1, 0.15) is 5.82 Å². The van der Waals surface area contributed by atoms with Gasteiger partial charge in [0, 0.05) is 25.8 Å². The molecule has 1 fully saturated rings. The summed E-state index contributed by atoms with van der Waals surface area (Å²) < 4.78 is 5.80. The van der Waals surface area contributed by atoms with E-state index in [1.54, 1.807) is 6.20 Å². The molecule has 1 aliphatic heterocycles. The van der Waals surface area contributed by atoms with E-state index in [0.29, 0.717) is 6.10 Å². The minimum absolute atomic E-state index is 0.227. The number of rotatable bonds is 3. The van der Waals surface area contributed by atoms with Gasteiger partial charge < -0.3 is 15.4 Å². The number of aryl methyl sites for hydroxylation is 1. The molecule has 2 N–H and O–H groups in total. The molecule has 1 aromatic rings. The Balaban J connectivity index is 1.85. The summed E-state index contributed by atoms with van der Waals surface area (Å²) >= 11 is 0. The summed E-state index contributed by atoms with van der Waals surface area (Å²) in [6, 6.07) is 4.00. The number of hydrogen-bond donors (Lipinski definition) is 2. The largest absolute Gasteiger partial charge is 0.371 e. The van der Waals surface area contributed by atoms with Crippen molar-refractivity contribution in [3.8, 4) is 0 Å². The highest BCUT2D eigenvalue weighted by molar-refractivity contribution is 5.42. The van der Waals surface area contributed by atoms with E-state index in [0.717, 1.165) is 25.5 Å². The van der Waals surface area contributed by atoms with E-state index in [1.165, 1.54) is 5.56 Å². The molecule has 0 amide bonds. The summed E-state index contributed by atoms with van der Waals surface area (Å²) in [5.74, 6) is 0.948. The minimum Gasteiger partial charge on any atom is -0.371 e. The molecular formula is C12H19N3O. The van der Waals surface area contributed by atoms with Crippen LogP contribution in [0.1, 0.15) is 12.5 Å². The lowest BCUT2D eigenvalue weighted by Crippen LogP contribution is -2.46. The molecular weight excluding hydrogens is 202 g/mol. The van der Waals surface area contributed by atoms with Crippen molar-refractivity contribution in [1.29, 1.82) is 0 Å². The first-order valence-electron chi connectivity index (χ1n) is 5.77. The SMILES string of the molecule is Cc1cccnc1NC[C@@H]1CNC[C@@H](C)O1. The van der Waals surface area contributed by atoms with E-state index in [1.807, 2.05) is 6.07 Å². The van der Waals surface area contributed by atoms with Gasteiger partial charge in [-0.05, 0) is 25.5 Å². The van der Waals surface area contributed by atoms with E-state index in [9.17, 15) is 0 Å². The van der Waals surface area contributed by atoms with Crippen molar-refractivity contribution in [3.63, 3.8) is 0 Å². The van der Waals surface area contributed by atoms with Crippen LogP contribution in [0.15, 0.2) is 18.3 Å². The second kappa shape index (κ2) is 5.27. The minimum atomic E-state index is 0.227. The van der Waals surface area contributed by atoms with Gasteiger partial charge in [-0.2, -0.15) is 0 Å². The van der Waals surface area contributed by atoms with Gasteiger partial charge in [0.05, 0.1) is 12.2 Å². The zero-order valence-corrected chi connectivity index (χ0v) is 9.86. The van der Waals surface area contributed by atoms with Crippen LogP contribution in [0.5, 0.6) is 0 Å². The van der Waals surface area contributed by atoms with Gasteiger partial charge in [-0.15, -0.1) is 0 Å². The first kappa shape index (κ1) is 11.4. The van der Waals surface area contributed by atoms with Crippen LogP contribution in [0.25, 0.3) is 0 Å². The van der Waals surface area contributed by atoms with Gasteiger partial charge in [0.2, 0.25) is 0 Å². The van der Waals surface area contributed by atoms with Gasteiger partial charge in [0.15, 0.2) is 0 Å². The maximum absolute atomic E-state index is 5.80. The number of hydrogen-bond acceptors (Lipinski definition) is 4. The molecule has 0 saturated carbocycles. The predicted molar refractivity (Wildman–Crippen MR) is 64.7 cm³/mol. The van der Waals surface area contributed by atoms with Gasteiger partial charge in [0.25, 0.3) is 0 Å². The van der Waals surface area contributed by atoms with Crippen LogP contribution in [-0.4, -0.2) is 36.8 Å². The number of ether oxygens (including phenoxy) is 1. The third-order valence-electron chi connectivity index (χ3n) is 2.74. The van der Waals surface area contributed by atoms with Crippen molar-refractivity contribution in [2.24, 2.45) is 0 Å². The fourth-order valence-corrected chi connectivity index (χ4v) is 1.87. The molecule has 2 heterocycles. The molecule has 2 rings (SSSR count). The van der Waals surface area contributed by atoms with Crippen LogP contribution in [0, 0.1) is 6.92 Å². The molecule has 1 saturated heterocycles. The van der Waals surface area contributed by atoms with Crippen molar-refractivity contribution >= 4 is 5.82 Å². The maximum Gasteiger partial charge on any atom is 0.128 e. The molecule has 0 spiro atoms. The van der Waals surface area contributed by atoms with E-state index < -0.39 is 0 Å². The summed E-state index contributed by atoms with van der Waals surface area (Å²) in [6.07, 6.45) is 2.33. The molecule has 16 heavy (non-hydrogen) atoms. The third-order valence-corrected chi connectivity index (χ3v) is 2.74. The van der Waals surface area contributed by atoms with Crippen LogP contribution in [0.3, 0.4) is 0 Å². The molecule has 0 aromatic carbocycles. The number of nitrogens with one attached hydrogen (secondary N) is 2. The van der Waals surface area contributed by atoms with Gasteiger partial charge in [-0.3, -0.25) is 0 Å². The van der Waals surface area contributed by atoms with Crippen molar-refractivity contribution in [2.45, 2.75) is 26.1 Å². The van der Waals surface area contributed by atoms with Crippen LogP contribution < -0.4 is 10.6 Å². The molecule has 2 atom stereocenters. The van der Waals surface area contributed by atoms with Crippen molar-refractivity contribution in [3.05, 3.63) is 23.9 Å². The fraction of sp³-hybridized carbons (Fsp3) is 0.583. The Bertz CT molecular complexity index is 343. The topological polar surface area (TPSA) is 46.2 Å². The third kappa shape index (κ3) is 2.93. The summed E-state index contributed by atoms with van der Waals surface area (Å²) in [7, 11) is 0. The number of nitrogens with zero attached hydrogens (tertiary/aromatic N) is 1. The van der Waals surface area contributed by atoms with Gasteiger partial charge in [-0.1, -0.05) is 6.07 Å². The highest BCUT2D eigenvalue weighted by atomic mass is 16.5.